The fourth-order valence-corrected chi connectivity index (χ4v) is 6.08. The summed E-state index contributed by atoms with van der Waals surface area (Å²) in [4.78, 5) is 60.9. The summed E-state index contributed by atoms with van der Waals surface area (Å²) in [6, 6.07) is 5.57. The van der Waals surface area contributed by atoms with Gasteiger partial charge in [-0.3, -0.25) is 19.2 Å². The van der Waals surface area contributed by atoms with Crippen molar-refractivity contribution in [1.82, 2.24) is 24.3 Å². The number of benzene rings is 1. The van der Waals surface area contributed by atoms with Gasteiger partial charge in [0.1, 0.15) is 0 Å². The number of likely N-dealkylation sites (tertiary alicyclic amines) is 1. The van der Waals surface area contributed by atoms with Crippen LogP contribution in [0.5, 0.6) is 0 Å². The van der Waals surface area contributed by atoms with Crippen molar-refractivity contribution in [3.05, 3.63) is 58.6 Å². The Bertz CT molecular complexity index is 1690. The van der Waals surface area contributed by atoms with E-state index < -0.39 is 17.7 Å². The third kappa shape index (κ3) is 8.08. The number of piperazine rings is 1. The molecule has 0 spiro atoms. The number of pyridine rings is 1. The predicted octanol–water partition coefficient (Wildman–Crippen LogP) is 2.90. The summed E-state index contributed by atoms with van der Waals surface area (Å²) >= 11 is 6.47. The number of carbonyl (C=O) groups is 4. The Labute approximate surface area is 282 Å². The van der Waals surface area contributed by atoms with E-state index in [1.807, 2.05) is 4.90 Å². The molecule has 0 aliphatic carbocycles. The monoisotopic (exact) mass is 689 g/mol. The second-order valence-corrected chi connectivity index (χ2v) is 12.9. The number of hydrogen-bond donors (Lipinski definition) is 1. The third-order valence-corrected chi connectivity index (χ3v) is 8.69. The molecule has 16 heteroatoms. The molecular weight excluding hydrogens is 650 g/mol. The Morgan fingerprint density at radius 2 is 1.75 bits per heavy atom. The van der Waals surface area contributed by atoms with Gasteiger partial charge in [0.05, 0.1) is 68.3 Å². The van der Waals surface area contributed by atoms with Gasteiger partial charge in [0.25, 0.3) is 18.3 Å². The second kappa shape index (κ2) is 15.1. The van der Waals surface area contributed by atoms with Gasteiger partial charge < -0.3 is 33.8 Å². The van der Waals surface area contributed by atoms with E-state index in [1.54, 1.807) is 25.1 Å². The first-order valence-corrected chi connectivity index (χ1v) is 15.6. The first-order valence-electron chi connectivity index (χ1n) is 15.2. The van der Waals surface area contributed by atoms with E-state index in [-0.39, 0.29) is 51.2 Å². The Hall–Kier alpha value is -4.63. The van der Waals surface area contributed by atoms with Crippen LogP contribution in [0.1, 0.15) is 27.4 Å². The molecule has 1 N–H and O–H groups in total. The summed E-state index contributed by atoms with van der Waals surface area (Å²) in [6.07, 6.45) is 2.14. The molecule has 0 bridgehead atoms. The maximum atomic E-state index is 14.7. The van der Waals surface area contributed by atoms with Crippen molar-refractivity contribution in [3.8, 4) is 11.3 Å². The number of ether oxygens (including phenoxy) is 1. The summed E-state index contributed by atoms with van der Waals surface area (Å²) < 4.78 is 35.3. The maximum absolute atomic E-state index is 14.7. The number of rotatable bonds is 7. The highest BCUT2D eigenvalue weighted by Gasteiger charge is 2.38. The topological polar surface area (TPSA) is 130 Å². The van der Waals surface area contributed by atoms with E-state index in [4.69, 9.17) is 16.4 Å². The van der Waals surface area contributed by atoms with Crippen molar-refractivity contribution in [1.29, 1.82) is 0 Å². The highest BCUT2D eigenvalue weighted by molar-refractivity contribution is 6.34. The van der Waals surface area contributed by atoms with Gasteiger partial charge in [-0.1, -0.05) is 11.6 Å². The quantitative estimate of drug-likeness (QED) is 0.228. The van der Waals surface area contributed by atoms with E-state index in [1.165, 1.54) is 42.0 Å². The number of quaternary nitrogens is 1. The van der Waals surface area contributed by atoms with Crippen molar-refractivity contribution < 1.29 is 37.2 Å². The number of nitrogens with one attached hydrogen (secondary N) is 1. The number of hydrogen-bond acceptors (Lipinski definition) is 8. The van der Waals surface area contributed by atoms with Crippen LogP contribution < -0.4 is 10.2 Å². The molecule has 4 heterocycles. The van der Waals surface area contributed by atoms with Crippen molar-refractivity contribution in [2.45, 2.75) is 6.42 Å². The van der Waals surface area contributed by atoms with Gasteiger partial charge in [0, 0.05) is 59.4 Å². The van der Waals surface area contributed by atoms with E-state index in [0.717, 1.165) is 30.1 Å². The Balaban J connectivity index is 0.00000123. The van der Waals surface area contributed by atoms with Crippen molar-refractivity contribution >= 4 is 47.3 Å². The van der Waals surface area contributed by atoms with Crippen LogP contribution in [-0.2, 0) is 21.4 Å². The average Bonchev–Trinajstić information content (AvgIpc) is 3.62. The van der Waals surface area contributed by atoms with Crippen LogP contribution >= 0.6 is 11.6 Å². The molecule has 13 nitrogen and oxygen atoms in total. The number of amides is 3. The van der Waals surface area contributed by atoms with Gasteiger partial charge in [0.15, 0.2) is 17.5 Å². The molecule has 48 heavy (non-hydrogen) atoms. The van der Waals surface area contributed by atoms with E-state index in [2.05, 4.69) is 34.1 Å². The van der Waals surface area contributed by atoms with Crippen molar-refractivity contribution in [3.63, 3.8) is 0 Å². The number of methoxy groups -OCH3 is 1. The standard InChI is InChI=1S/C30H35ClF2N8O3.C2H4O2/c1-37(2)26-23(32)15-21(25(33)36-26)24-16-34-27(38(24)3)28(42)35-19-6-7-20(22(31)14-19)30(44)40-11-9-39(10-12-40)29(43)18-8-13-41(4,5)17-18;1-4-2-3/h6-7,14-16,18H,8-13,17H2,1-5H3;2H,1H3/p+1. The zero-order valence-electron chi connectivity index (χ0n) is 27.8. The number of aromatic nitrogens is 3. The summed E-state index contributed by atoms with van der Waals surface area (Å²) in [5.41, 5.74) is 0.629. The predicted molar refractivity (Wildman–Crippen MR) is 176 cm³/mol. The lowest BCUT2D eigenvalue weighted by molar-refractivity contribution is -0.878. The van der Waals surface area contributed by atoms with Gasteiger partial charge in [0.2, 0.25) is 11.9 Å². The average molecular weight is 690 g/mol. The van der Waals surface area contributed by atoms with Crippen molar-refractivity contribution in [2.75, 3.05) is 84.8 Å². The molecule has 3 amide bonds. The lowest BCUT2D eigenvalue weighted by Gasteiger charge is -2.36. The van der Waals surface area contributed by atoms with Crippen LogP contribution in [0.2, 0.25) is 5.02 Å². The van der Waals surface area contributed by atoms with Gasteiger partial charge in [-0.15, -0.1) is 0 Å². The number of nitrogens with zero attached hydrogens (tertiary/aromatic N) is 7. The van der Waals surface area contributed by atoms with Gasteiger partial charge in [-0.25, -0.2) is 9.37 Å². The molecular formula is C32H40ClF2N8O5+. The molecule has 0 radical (unpaired) electrons. The molecule has 2 fully saturated rings. The lowest BCUT2D eigenvalue weighted by atomic mass is 10.1. The number of anilines is 2. The largest absolute Gasteiger partial charge is 0.471 e. The summed E-state index contributed by atoms with van der Waals surface area (Å²) in [5.74, 6) is -2.50. The highest BCUT2D eigenvalue weighted by atomic mass is 35.5. The van der Waals surface area contributed by atoms with E-state index in [0.29, 0.717) is 38.3 Å². The third-order valence-electron chi connectivity index (χ3n) is 8.38. The minimum Gasteiger partial charge on any atom is -0.471 e. The zero-order chi connectivity index (χ0) is 35.3. The summed E-state index contributed by atoms with van der Waals surface area (Å²) in [5, 5.41) is 2.84. The molecule has 258 valence electrons. The molecule has 3 aromatic rings. The molecule has 0 saturated carbocycles. The Kier molecular flexibility index (Phi) is 11.4. The number of halogens is 3. The molecule has 1 aromatic carbocycles. The van der Waals surface area contributed by atoms with E-state index >= 15 is 0 Å². The smallest absolute Gasteiger partial charge is 0.292 e. The Morgan fingerprint density at radius 1 is 1.10 bits per heavy atom. The first kappa shape index (κ1) is 36.2. The molecule has 2 saturated heterocycles. The number of imidazole rings is 1. The van der Waals surface area contributed by atoms with Crippen LogP contribution in [0.4, 0.5) is 20.3 Å². The molecule has 2 aliphatic heterocycles. The molecule has 1 unspecified atom stereocenters. The molecule has 1 atom stereocenters. The van der Waals surface area contributed by atoms with Gasteiger partial charge in [-0.2, -0.15) is 9.37 Å². The summed E-state index contributed by atoms with van der Waals surface area (Å²) in [6.45, 7) is 3.94. The van der Waals surface area contributed by atoms with Crippen LogP contribution in [0.3, 0.4) is 0 Å². The normalized spacial score (nSPS) is 16.9. The van der Waals surface area contributed by atoms with Crippen LogP contribution in [-0.4, -0.2) is 128 Å². The minimum absolute atomic E-state index is 0.0256. The van der Waals surface area contributed by atoms with Crippen LogP contribution in [0.15, 0.2) is 30.5 Å². The summed E-state index contributed by atoms with van der Waals surface area (Å²) in [7, 11) is 10.2. The second-order valence-electron chi connectivity index (χ2n) is 12.5. The minimum atomic E-state index is -0.901. The van der Waals surface area contributed by atoms with Crippen molar-refractivity contribution in [2.24, 2.45) is 13.0 Å². The van der Waals surface area contributed by atoms with Gasteiger partial charge >= 0.3 is 0 Å². The first-order chi connectivity index (χ1) is 22.7. The highest BCUT2D eigenvalue weighted by Crippen LogP contribution is 2.28. The van der Waals surface area contributed by atoms with Crippen LogP contribution in [0.25, 0.3) is 11.3 Å². The fourth-order valence-electron chi connectivity index (χ4n) is 5.82. The fraction of sp³-hybridized carbons (Fsp3) is 0.438. The zero-order valence-corrected chi connectivity index (χ0v) is 28.6. The van der Waals surface area contributed by atoms with Gasteiger partial charge in [-0.05, 0) is 24.3 Å². The van der Waals surface area contributed by atoms with Crippen LogP contribution in [0, 0.1) is 17.7 Å². The molecule has 5 rings (SSSR count). The maximum Gasteiger partial charge on any atom is 0.292 e. The Morgan fingerprint density at radius 3 is 2.31 bits per heavy atom. The molecule has 2 aliphatic rings. The number of carbonyl (C=O) groups excluding carboxylic acids is 4. The molecule has 2 aromatic heterocycles. The lowest BCUT2D eigenvalue weighted by Crippen LogP contribution is -2.52. The van der Waals surface area contributed by atoms with E-state index in [9.17, 15) is 23.2 Å². The SMILES string of the molecule is CN(C)c1nc(F)c(-c2cnc(C(=O)Nc3ccc(C(=O)N4CCN(C(=O)C5CC[N+](C)(C)C5)CC4)c(Cl)c3)n2C)cc1F.COC=O.